The monoisotopic (exact) mass is 499 g/mol. The average Bonchev–Trinajstić information content (AvgIpc) is 3.20. The highest BCUT2D eigenvalue weighted by Gasteiger charge is 2.42. The Kier molecular flexibility index (Phi) is 7.93. The van der Waals surface area contributed by atoms with E-state index in [0.717, 1.165) is 11.1 Å². The topological polar surface area (TPSA) is 85.3 Å². The van der Waals surface area contributed by atoms with Gasteiger partial charge in [0.1, 0.15) is 5.75 Å². The minimum absolute atomic E-state index is 0.0396. The van der Waals surface area contributed by atoms with E-state index in [4.69, 9.17) is 14.2 Å². The summed E-state index contributed by atoms with van der Waals surface area (Å²) in [5.74, 6) is 0.210. The molecule has 0 fully saturated rings. The predicted molar refractivity (Wildman–Crippen MR) is 141 cm³/mol. The Balaban J connectivity index is 1.66. The predicted octanol–water partition coefficient (Wildman–Crippen LogP) is 4.93. The van der Waals surface area contributed by atoms with Crippen LogP contribution in [0.1, 0.15) is 22.7 Å². The van der Waals surface area contributed by atoms with Gasteiger partial charge in [-0.25, -0.2) is 0 Å². The second kappa shape index (κ2) is 11.5. The fourth-order valence-corrected chi connectivity index (χ4v) is 4.41. The Hall–Kier alpha value is -4.52. The third kappa shape index (κ3) is 5.51. The number of amides is 1. The molecule has 1 aliphatic heterocycles. The largest absolute Gasteiger partial charge is 0.503 e. The van der Waals surface area contributed by atoms with Crippen LogP contribution in [-0.4, -0.2) is 49.6 Å². The van der Waals surface area contributed by atoms with E-state index in [9.17, 15) is 14.7 Å². The maximum Gasteiger partial charge on any atom is 0.290 e. The first-order valence-electron chi connectivity index (χ1n) is 11.8. The lowest BCUT2D eigenvalue weighted by molar-refractivity contribution is -0.129. The number of hydrogen-bond acceptors (Lipinski definition) is 6. The van der Waals surface area contributed by atoms with E-state index >= 15 is 0 Å². The summed E-state index contributed by atoms with van der Waals surface area (Å²) in [4.78, 5) is 28.1. The van der Waals surface area contributed by atoms with Crippen molar-refractivity contribution in [1.82, 2.24) is 4.90 Å². The third-order valence-electron chi connectivity index (χ3n) is 6.29. The lowest BCUT2D eigenvalue weighted by Crippen LogP contribution is -2.33. The van der Waals surface area contributed by atoms with Gasteiger partial charge in [-0.05, 0) is 53.5 Å². The Bertz CT molecular complexity index is 1350. The van der Waals surface area contributed by atoms with Crippen LogP contribution in [0.5, 0.6) is 17.2 Å². The van der Waals surface area contributed by atoms with Crippen LogP contribution in [0.4, 0.5) is 0 Å². The van der Waals surface area contributed by atoms with Crippen molar-refractivity contribution >= 4 is 17.8 Å². The molecule has 3 aromatic rings. The number of allylic oxidation sites excluding steroid dienone is 1. The van der Waals surface area contributed by atoms with Gasteiger partial charge in [-0.2, -0.15) is 0 Å². The maximum absolute atomic E-state index is 13.3. The molecular formula is C30H29NO6. The lowest BCUT2D eigenvalue weighted by atomic mass is 9.95. The van der Waals surface area contributed by atoms with Crippen LogP contribution in [0.3, 0.4) is 0 Å². The molecule has 1 amide bonds. The number of nitrogens with zero attached hydrogens (tertiary/aromatic N) is 1. The molecule has 4 rings (SSSR count). The zero-order valence-corrected chi connectivity index (χ0v) is 21.0. The number of carbonyl (C=O) groups excluding carboxylic acids is 2. The molecule has 0 unspecified atom stereocenters. The Morgan fingerprint density at radius 3 is 2.38 bits per heavy atom. The van der Waals surface area contributed by atoms with Gasteiger partial charge in [-0.3, -0.25) is 9.59 Å². The number of carbonyl (C=O) groups is 2. The lowest BCUT2D eigenvalue weighted by Gasteiger charge is -2.27. The Morgan fingerprint density at radius 2 is 1.68 bits per heavy atom. The summed E-state index contributed by atoms with van der Waals surface area (Å²) in [5.41, 5.74) is 2.46. The number of aliphatic hydroxyl groups excluding tert-OH is 1. The Morgan fingerprint density at radius 1 is 0.919 bits per heavy atom. The fourth-order valence-electron chi connectivity index (χ4n) is 4.41. The molecule has 37 heavy (non-hydrogen) atoms. The molecule has 0 saturated carbocycles. The molecular weight excluding hydrogens is 470 g/mol. The van der Waals surface area contributed by atoms with Gasteiger partial charge in [0.2, 0.25) is 0 Å². The Labute approximate surface area is 216 Å². The van der Waals surface area contributed by atoms with Crippen molar-refractivity contribution in [2.24, 2.45) is 0 Å². The molecule has 3 aromatic carbocycles. The maximum atomic E-state index is 13.3. The standard InChI is InChI=1S/C30H29NO6/c1-35-23-11-7-10-22(19-23)28-27(24(32)14-12-20-8-5-4-6-9-20)29(33)30(34)31(28)17-16-21-13-15-25(36-2)26(18-21)37-3/h4-15,18-19,28,33H,16-17H2,1-3H3/b14-12+/t28-/m1/s1. The van der Waals surface area contributed by atoms with E-state index in [1.165, 1.54) is 11.0 Å². The fraction of sp³-hybridized carbons (Fsp3) is 0.200. The van der Waals surface area contributed by atoms with E-state index in [1.807, 2.05) is 48.5 Å². The second-order valence-corrected chi connectivity index (χ2v) is 8.49. The third-order valence-corrected chi connectivity index (χ3v) is 6.29. The van der Waals surface area contributed by atoms with E-state index in [-0.39, 0.29) is 12.1 Å². The van der Waals surface area contributed by atoms with Crippen LogP contribution in [0.15, 0.2) is 90.2 Å². The van der Waals surface area contributed by atoms with Gasteiger partial charge in [0, 0.05) is 6.54 Å². The first kappa shape index (κ1) is 25.6. The average molecular weight is 500 g/mol. The second-order valence-electron chi connectivity index (χ2n) is 8.49. The van der Waals surface area contributed by atoms with Gasteiger partial charge in [-0.1, -0.05) is 54.6 Å². The highest BCUT2D eigenvalue weighted by Crippen LogP contribution is 2.39. The summed E-state index contributed by atoms with van der Waals surface area (Å²) in [5, 5.41) is 10.9. The number of ether oxygens (including phenoxy) is 3. The summed E-state index contributed by atoms with van der Waals surface area (Å²) in [7, 11) is 4.68. The van der Waals surface area contributed by atoms with Gasteiger partial charge in [0.15, 0.2) is 23.0 Å². The molecule has 0 saturated heterocycles. The number of ketones is 1. The molecule has 1 heterocycles. The molecule has 0 spiro atoms. The van der Waals surface area contributed by atoms with Crippen LogP contribution in [0.25, 0.3) is 6.08 Å². The van der Waals surface area contributed by atoms with Crippen LogP contribution in [0, 0.1) is 0 Å². The van der Waals surface area contributed by atoms with Gasteiger partial charge >= 0.3 is 0 Å². The summed E-state index contributed by atoms with van der Waals surface area (Å²) in [6, 6.07) is 21.3. The van der Waals surface area contributed by atoms with Crippen molar-refractivity contribution in [2.45, 2.75) is 12.5 Å². The smallest absolute Gasteiger partial charge is 0.290 e. The molecule has 1 aliphatic rings. The van der Waals surface area contributed by atoms with Crippen molar-refractivity contribution in [3.05, 3.63) is 107 Å². The summed E-state index contributed by atoms with van der Waals surface area (Å²) >= 11 is 0. The van der Waals surface area contributed by atoms with Crippen molar-refractivity contribution in [1.29, 1.82) is 0 Å². The summed E-state index contributed by atoms with van der Waals surface area (Å²) in [6.45, 7) is 0.263. The molecule has 0 bridgehead atoms. The number of hydrogen-bond donors (Lipinski definition) is 1. The van der Waals surface area contributed by atoms with Gasteiger partial charge in [0.05, 0.1) is 32.9 Å². The zero-order valence-electron chi connectivity index (χ0n) is 21.0. The molecule has 7 nitrogen and oxygen atoms in total. The van der Waals surface area contributed by atoms with E-state index in [1.54, 1.807) is 51.7 Å². The zero-order chi connectivity index (χ0) is 26.4. The van der Waals surface area contributed by atoms with Crippen LogP contribution in [-0.2, 0) is 16.0 Å². The normalized spacial score (nSPS) is 15.4. The summed E-state index contributed by atoms with van der Waals surface area (Å²) < 4.78 is 16.1. The highest BCUT2D eigenvalue weighted by molar-refractivity contribution is 6.14. The minimum atomic E-state index is -0.768. The molecule has 1 atom stereocenters. The molecule has 1 N–H and O–H groups in total. The van der Waals surface area contributed by atoms with E-state index in [0.29, 0.717) is 29.2 Å². The van der Waals surface area contributed by atoms with E-state index < -0.39 is 23.5 Å². The number of methoxy groups -OCH3 is 3. The van der Waals surface area contributed by atoms with Crippen LogP contribution in [0.2, 0.25) is 0 Å². The highest BCUT2D eigenvalue weighted by atomic mass is 16.5. The van der Waals surface area contributed by atoms with Crippen LogP contribution >= 0.6 is 0 Å². The van der Waals surface area contributed by atoms with Gasteiger partial charge in [0.25, 0.3) is 5.91 Å². The number of aliphatic hydroxyl groups is 1. The van der Waals surface area contributed by atoms with Gasteiger partial charge < -0.3 is 24.2 Å². The van der Waals surface area contributed by atoms with Crippen molar-refractivity contribution in [3.8, 4) is 17.2 Å². The molecule has 190 valence electrons. The molecule has 0 aromatic heterocycles. The molecule has 0 radical (unpaired) electrons. The van der Waals surface area contributed by atoms with Crippen molar-refractivity contribution in [3.63, 3.8) is 0 Å². The number of benzene rings is 3. The van der Waals surface area contributed by atoms with E-state index in [2.05, 4.69) is 0 Å². The summed E-state index contributed by atoms with van der Waals surface area (Å²) in [6.07, 6.45) is 3.53. The van der Waals surface area contributed by atoms with Crippen molar-refractivity contribution in [2.75, 3.05) is 27.9 Å². The van der Waals surface area contributed by atoms with Crippen LogP contribution < -0.4 is 14.2 Å². The first-order valence-corrected chi connectivity index (χ1v) is 11.8. The van der Waals surface area contributed by atoms with Crippen molar-refractivity contribution < 1.29 is 28.9 Å². The first-order chi connectivity index (χ1) is 18.0. The van der Waals surface area contributed by atoms with Gasteiger partial charge in [-0.15, -0.1) is 0 Å². The SMILES string of the molecule is COc1cccc([C@@H]2C(C(=O)/C=C/c3ccccc3)=C(O)C(=O)N2CCc2ccc(OC)c(OC)c2)c1. The quantitative estimate of drug-likeness (QED) is 0.398. The minimum Gasteiger partial charge on any atom is -0.503 e. The molecule has 0 aliphatic carbocycles. The number of rotatable bonds is 10. The molecule has 7 heteroatoms.